The van der Waals surface area contributed by atoms with Crippen LogP contribution < -0.4 is 10.6 Å². The molecule has 7 nitrogen and oxygen atoms in total. The lowest BCUT2D eigenvalue weighted by Crippen LogP contribution is -2.54. The van der Waals surface area contributed by atoms with Gasteiger partial charge in [0.1, 0.15) is 17.1 Å². The maximum atomic E-state index is 13.4. The van der Waals surface area contributed by atoms with Gasteiger partial charge in [-0.15, -0.1) is 11.3 Å². The Morgan fingerprint density at radius 1 is 1.15 bits per heavy atom. The van der Waals surface area contributed by atoms with Gasteiger partial charge in [-0.2, -0.15) is 0 Å². The molecule has 3 aromatic rings. The Morgan fingerprint density at radius 3 is 2.65 bits per heavy atom. The molecule has 4 amide bonds. The third-order valence-corrected chi connectivity index (χ3v) is 7.72. The highest BCUT2D eigenvalue weighted by Gasteiger charge is 2.56. The first-order valence-corrected chi connectivity index (χ1v) is 12.4. The van der Waals surface area contributed by atoms with E-state index in [4.69, 9.17) is 4.98 Å². The highest BCUT2D eigenvalue weighted by Crippen LogP contribution is 2.46. The Morgan fingerprint density at radius 2 is 1.88 bits per heavy atom. The number of amides is 4. The van der Waals surface area contributed by atoms with Crippen molar-refractivity contribution in [2.24, 2.45) is 11.3 Å². The van der Waals surface area contributed by atoms with Gasteiger partial charge in [-0.3, -0.25) is 14.5 Å². The van der Waals surface area contributed by atoms with Gasteiger partial charge >= 0.3 is 6.03 Å². The Bertz CT molecular complexity index is 1270. The summed E-state index contributed by atoms with van der Waals surface area (Å²) in [5, 5.41) is 6.61. The Kier molecular flexibility index (Phi) is 5.43. The summed E-state index contributed by atoms with van der Waals surface area (Å²) >= 11 is 1.55. The zero-order valence-electron chi connectivity index (χ0n) is 19.6. The van der Waals surface area contributed by atoms with Crippen LogP contribution >= 0.6 is 11.3 Å². The van der Waals surface area contributed by atoms with Crippen LogP contribution in [0.4, 0.5) is 10.5 Å². The van der Waals surface area contributed by atoms with Crippen LogP contribution in [0.5, 0.6) is 0 Å². The fourth-order valence-electron chi connectivity index (χ4n) is 5.75. The minimum absolute atomic E-state index is 0.0605. The lowest BCUT2D eigenvalue weighted by molar-refractivity contribution is -0.136. The van der Waals surface area contributed by atoms with Crippen molar-refractivity contribution >= 4 is 45.1 Å². The van der Waals surface area contributed by atoms with E-state index in [9.17, 15) is 14.4 Å². The summed E-state index contributed by atoms with van der Waals surface area (Å²) in [7, 11) is 0. The first kappa shape index (κ1) is 22.5. The van der Waals surface area contributed by atoms with Crippen molar-refractivity contribution in [3.8, 4) is 10.6 Å². The molecule has 176 valence electrons. The number of carbonyl (C=O) groups is 3. The minimum atomic E-state index is -0.919. The number of thiazole rings is 1. The smallest absolute Gasteiger partial charge is 0.324 e. The number of anilines is 1. The number of aromatic nitrogens is 1. The molecule has 1 saturated carbocycles. The number of benzene rings is 2. The minimum Gasteiger partial charge on any atom is -0.324 e. The Labute approximate surface area is 202 Å². The number of rotatable bonds is 4. The fourth-order valence-corrected chi connectivity index (χ4v) is 6.75. The van der Waals surface area contributed by atoms with Crippen LogP contribution in [0.15, 0.2) is 48.5 Å². The number of imide groups is 1. The first-order valence-electron chi connectivity index (χ1n) is 11.5. The number of para-hydroxylation sites is 2. The van der Waals surface area contributed by atoms with Gasteiger partial charge in [0.15, 0.2) is 0 Å². The van der Waals surface area contributed by atoms with Crippen molar-refractivity contribution < 1.29 is 14.4 Å². The van der Waals surface area contributed by atoms with Crippen molar-refractivity contribution in [1.29, 1.82) is 0 Å². The average Bonchev–Trinajstić information content (AvgIpc) is 3.27. The molecule has 1 aliphatic carbocycles. The third kappa shape index (κ3) is 4.07. The van der Waals surface area contributed by atoms with E-state index in [0.29, 0.717) is 24.4 Å². The van der Waals surface area contributed by atoms with E-state index < -0.39 is 17.5 Å². The van der Waals surface area contributed by atoms with E-state index in [0.717, 1.165) is 32.1 Å². The molecule has 34 heavy (non-hydrogen) atoms. The van der Waals surface area contributed by atoms with Gasteiger partial charge in [0, 0.05) is 5.56 Å². The fraction of sp³-hybridized carbons (Fsp3) is 0.385. The van der Waals surface area contributed by atoms with Crippen LogP contribution in [-0.2, 0) is 9.59 Å². The molecule has 0 bridgehead atoms. The molecule has 8 heteroatoms. The second kappa shape index (κ2) is 8.20. The van der Waals surface area contributed by atoms with Crippen molar-refractivity contribution in [1.82, 2.24) is 15.2 Å². The normalized spacial score (nSPS) is 24.0. The zero-order valence-corrected chi connectivity index (χ0v) is 20.4. The highest BCUT2D eigenvalue weighted by molar-refractivity contribution is 7.21. The molecule has 0 radical (unpaired) electrons. The summed E-state index contributed by atoms with van der Waals surface area (Å²) < 4.78 is 1.06. The number of fused-ring (bicyclic) bond motifs is 1. The van der Waals surface area contributed by atoms with Crippen LogP contribution in [0, 0.1) is 11.3 Å². The topological polar surface area (TPSA) is 91.4 Å². The Hall–Kier alpha value is -3.26. The van der Waals surface area contributed by atoms with Gasteiger partial charge in [-0.05, 0) is 54.9 Å². The third-order valence-electron chi connectivity index (χ3n) is 6.65. The molecular formula is C26H28N4O3S. The van der Waals surface area contributed by atoms with Crippen LogP contribution in [0.3, 0.4) is 0 Å². The summed E-state index contributed by atoms with van der Waals surface area (Å²) in [6.07, 6.45) is 2.17. The molecule has 1 aliphatic heterocycles. The van der Waals surface area contributed by atoms with Crippen LogP contribution in [0.2, 0.25) is 0 Å². The standard InChI is InChI=1S/C26H28N4O3S/c1-16-12-25(2,3)15-26(13-16)23(32)30(24(33)29-26)14-21(31)27-18-9-5-4-8-17(18)22-28-19-10-6-7-11-20(19)34-22/h4-11,16H,12-15H2,1-3H3,(H,27,31)(H,29,33). The average molecular weight is 477 g/mol. The molecule has 2 N–H and O–H groups in total. The lowest BCUT2D eigenvalue weighted by Gasteiger charge is -2.43. The monoisotopic (exact) mass is 476 g/mol. The molecule has 2 heterocycles. The molecule has 2 atom stereocenters. The summed E-state index contributed by atoms with van der Waals surface area (Å²) in [5.41, 5.74) is 1.32. The lowest BCUT2D eigenvalue weighted by atomic mass is 9.64. The maximum absolute atomic E-state index is 13.4. The second-order valence-corrected chi connectivity index (χ2v) is 11.4. The zero-order chi connectivity index (χ0) is 24.1. The highest BCUT2D eigenvalue weighted by atomic mass is 32.1. The summed E-state index contributed by atoms with van der Waals surface area (Å²) in [6.45, 7) is 6.03. The molecule has 1 spiro atoms. The predicted octanol–water partition coefficient (Wildman–Crippen LogP) is 5.04. The van der Waals surface area contributed by atoms with Crippen molar-refractivity contribution in [3.05, 3.63) is 48.5 Å². The molecule has 2 unspecified atom stereocenters. The molecule has 5 rings (SSSR count). The van der Waals surface area contributed by atoms with Gasteiger partial charge in [0.05, 0.1) is 15.9 Å². The quantitative estimate of drug-likeness (QED) is 0.516. The predicted molar refractivity (Wildman–Crippen MR) is 133 cm³/mol. The number of nitrogens with zero attached hydrogens (tertiary/aromatic N) is 2. The number of carbonyl (C=O) groups excluding carboxylic acids is 3. The summed E-state index contributed by atoms with van der Waals surface area (Å²) in [4.78, 5) is 44.8. The molecule has 2 fully saturated rings. The van der Waals surface area contributed by atoms with Gasteiger partial charge in [0.2, 0.25) is 5.91 Å². The molecule has 1 saturated heterocycles. The molecular weight excluding hydrogens is 448 g/mol. The van der Waals surface area contributed by atoms with E-state index in [1.807, 2.05) is 42.5 Å². The molecule has 1 aromatic heterocycles. The van der Waals surface area contributed by atoms with Gasteiger partial charge in [0.25, 0.3) is 5.91 Å². The van der Waals surface area contributed by atoms with Crippen molar-refractivity contribution in [3.63, 3.8) is 0 Å². The number of hydrogen-bond donors (Lipinski definition) is 2. The molecule has 2 aromatic carbocycles. The largest absolute Gasteiger partial charge is 0.325 e. The summed E-state index contributed by atoms with van der Waals surface area (Å²) in [6, 6.07) is 14.8. The number of urea groups is 1. The number of nitrogens with one attached hydrogen (secondary N) is 2. The van der Waals surface area contributed by atoms with Gasteiger partial charge < -0.3 is 10.6 Å². The van der Waals surface area contributed by atoms with Gasteiger partial charge in [-0.1, -0.05) is 45.0 Å². The van der Waals surface area contributed by atoms with E-state index in [1.165, 1.54) is 0 Å². The van der Waals surface area contributed by atoms with Gasteiger partial charge in [-0.25, -0.2) is 9.78 Å². The van der Waals surface area contributed by atoms with Crippen LogP contribution in [-0.4, -0.2) is 39.8 Å². The van der Waals surface area contributed by atoms with E-state index in [1.54, 1.807) is 17.4 Å². The Balaban J connectivity index is 1.34. The van der Waals surface area contributed by atoms with Crippen LogP contribution in [0.25, 0.3) is 20.8 Å². The second-order valence-electron chi connectivity index (χ2n) is 10.3. The number of hydrogen-bond acceptors (Lipinski definition) is 5. The summed E-state index contributed by atoms with van der Waals surface area (Å²) in [5.74, 6) is -0.411. The van der Waals surface area contributed by atoms with E-state index in [2.05, 4.69) is 31.4 Å². The van der Waals surface area contributed by atoms with Crippen molar-refractivity contribution in [2.75, 3.05) is 11.9 Å². The first-order chi connectivity index (χ1) is 16.2. The maximum Gasteiger partial charge on any atom is 0.325 e. The van der Waals surface area contributed by atoms with Crippen LogP contribution in [0.1, 0.15) is 40.0 Å². The SMILES string of the molecule is CC1CC(C)(C)CC2(C1)NC(=O)N(CC(=O)Nc1ccccc1-c1nc3ccccc3s1)C2=O. The van der Waals surface area contributed by atoms with E-state index in [-0.39, 0.29) is 17.9 Å². The van der Waals surface area contributed by atoms with E-state index >= 15 is 0 Å². The van der Waals surface area contributed by atoms with Crippen molar-refractivity contribution in [2.45, 2.75) is 45.6 Å². The molecule has 2 aliphatic rings.